The Kier molecular flexibility index (Phi) is 9.03. The van der Waals surface area contributed by atoms with E-state index in [1.165, 1.54) is 18.2 Å². The summed E-state index contributed by atoms with van der Waals surface area (Å²) in [5.41, 5.74) is 8.90. The number of primary amides is 1. The van der Waals surface area contributed by atoms with Crippen molar-refractivity contribution in [1.29, 1.82) is 0 Å². The van der Waals surface area contributed by atoms with Crippen molar-refractivity contribution in [2.24, 2.45) is 5.73 Å². The van der Waals surface area contributed by atoms with Crippen LogP contribution in [0.1, 0.15) is 50.8 Å². The monoisotopic (exact) mass is 663 g/mol. The largest absolute Gasteiger partial charge is 0.483 e. The second-order valence-electron chi connectivity index (χ2n) is 10.7. The van der Waals surface area contributed by atoms with Crippen molar-refractivity contribution < 1.29 is 38.3 Å². The number of nitrogen functional groups attached to an aromatic ring is 1. The average Bonchev–Trinajstić information content (AvgIpc) is 3.29. The minimum atomic E-state index is -1.17. The smallest absolute Gasteiger partial charge is 0.333 e. The Morgan fingerprint density at radius 2 is 1.73 bits per heavy atom. The highest BCUT2D eigenvalue weighted by Crippen LogP contribution is 2.33. The van der Waals surface area contributed by atoms with Crippen LogP contribution in [0, 0.1) is 0 Å². The SMILES string of the molecule is CCn1c(=O)n(CC(=O)NCCNC(=O)COc2cccc3c2C(=O)N(C2CCC(=O)NC2=O)C3=O)c(=O)c2cc(C(N)=O)c(N)nc21. The molecule has 2 aromatic heterocycles. The first-order valence-corrected chi connectivity index (χ1v) is 14.6. The second-order valence-corrected chi connectivity index (χ2v) is 10.7. The number of nitrogens with two attached hydrogens (primary N) is 2. The van der Waals surface area contributed by atoms with Gasteiger partial charge in [-0.15, -0.1) is 0 Å². The number of ether oxygens (including phenoxy) is 1. The molecule has 0 saturated carbocycles. The minimum absolute atomic E-state index is 0.0183. The first-order chi connectivity index (χ1) is 22.8. The average molecular weight is 664 g/mol. The Labute approximate surface area is 269 Å². The van der Waals surface area contributed by atoms with Gasteiger partial charge in [0.1, 0.15) is 24.2 Å². The Balaban J connectivity index is 1.16. The van der Waals surface area contributed by atoms with Crippen LogP contribution >= 0.6 is 0 Å². The zero-order valence-electron chi connectivity index (χ0n) is 25.4. The number of imide groups is 2. The van der Waals surface area contributed by atoms with Crippen molar-refractivity contribution in [3.63, 3.8) is 0 Å². The Morgan fingerprint density at radius 3 is 2.40 bits per heavy atom. The summed E-state index contributed by atoms with van der Waals surface area (Å²) in [5, 5.41) is 6.94. The van der Waals surface area contributed by atoms with Crippen molar-refractivity contribution in [1.82, 2.24) is 35.0 Å². The molecule has 250 valence electrons. The highest BCUT2D eigenvalue weighted by molar-refractivity contribution is 6.24. The van der Waals surface area contributed by atoms with Gasteiger partial charge in [0.15, 0.2) is 12.3 Å². The molecule has 1 fully saturated rings. The molecule has 0 radical (unpaired) electrons. The number of anilines is 1. The van der Waals surface area contributed by atoms with Crippen LogP contribution in [-0.2, 0) is 32.3 Å². The summed E-state index contributed by atoms with van der Waals surface area (Å²) < 4.78 is 7.29. The molecule has 19 nitrogen and oxygen atoms in total. The number of fused-ring (bicyclic) bond motifs is 2. The fourth-order valence-electron chi connectivity index (χ4n) is 5.37. The van der Waals surface area contributed by atoms with E-state index < -0.39 is 71.8 Å². The number of nitrogens with one attached hydrogen (secondary N) is 3. The zero-order chi connectivity index (χ0) is 34.9. The molecule has 7 N–H and O–H groups in total. The lowest BCUT2D eigenvalue weighted by Crippen LogP contribution is -2.54. The van der Waals surface area contributed by atoms with E-state index in [4.69, 9.17) is 16.2 Å². The molecule has 2 aliphatic heterocycles. The molecule has 1 aromatic carbocycles. The maximum atomic E-state index is 13.2. The summed E-state index contributed by atoms with van der Waals surface area (Å²) in [4.78, 5) is 117. The Hall–Kier alpha value is -6.40. The van der Waals surface area contributed by atoms with E-state index in [-0.39, 0.29) is 71.8 Å². The fourth-order valence-corrected chi connectivity index (χ4v) is 5.37. The molecule has 19 heteroatoms. The van der Waals surface area contributed by atoms with E-state index in [2.05, 4.69) is 20.9 Å². The summed E-state index contributed by atoms with van der Waals surface area (Å²) in [6.45, 7) is 0.246. The van der Waals surface area contributed by atoms with Crippen molar-refractivity contribution in [2.45, 2.75) is 38.9 Å². The van der Waals surface area contributed by atoms with Crippen molar-refractivity contribution in [3.8, 4) is 5.75 Å². The normalized spacial score (nSPS) is 15.7. The van der Waals surface area contributed by atoms with Crippen LogP contribution in [0.25, 0.3) is 11.0 Å². The summed E-state index contributed by atoms with van der Waals surface area (Å²) in [5.74, 6) is -5.43. The number of amides is 7. The van der Waals surface area contributed by atoms with E-state index in [0.717, 1.165) is 15.5 Å². The molecule has 1 saturated heterocycles. The van der Waals surface area contributed by atoms with Crippen LogP contribution in [0.2, 0.25) is 0 Å². The number of carbonyl (C=O) groups excluding carboxylic acids is 7. The van der Waals surface area contributed by atoms with Gasteiger partial charge in [-0.1, -0.05) is 6.07 Å². The number of pyridine rings is 1. The first-order valence-electron chi connectivity index (χ1n) is 14.6. The number of aryl methyl sites for hydroxylation is 1. The molecule has 48 heavy (non-hydrogen) atoms. The second kappa shape index (κ2) is 13.1. The first kappa shape index (κ1) is 33.0. The highest BCUT2D eigenvalue weighted by atomic mass is 16.5. The Bertz CT molecular complexity index is 2050. The van der Waals surface area contributed by atoms with E-state index in [1.807, 2.05) is 0 Å². The molecule has 3 aromatic rings. The predicted molar refractivity (Wildman–Crippen MR) is 163 cm³/mol. The number of hydrogen-bond acceptors (Lipinski definition) is 12. The molecule has 0 spiro atoms. The molecular weight excluding hydrogens is 634 g/mol. The van der Waals surface area contributed by atoms with Crippen LogP contribution in [-0.4, -0.2) is 86.1 Å². The van der Waals surface area contributed by atoms with E-state index in [0.29, 0.717) is 4.57 Å². The number of rotatable bonds is 11. The fraction of sp³-hybridized carbons (Fsp3) is 0.310. The van der Waals surface area contributed by atoms with Gasteiger partial charge < -0.3 is 26.8 Å². The van der Waals surface area contributed by atoms with Gasteiger partial charge >= 0.3 is 5.69 Å². The number of nitrogens with zero attached hydrogens (tertiary/aromatic N) is 4. The number of carbonyl (C=O) groups is 7. The van der Waals surface area contributed by atoms with Gasteiger partial charge in [-0.3, -0.25) is 57.7 Å². The maximum Gasteiger partial charge on any atom is 0.333 e. The third-order valence-corrected chi connectivity index (χ3v) is 7.67. The van der Waals surface area contributed by atoms with Crippen LogP contribution in [0.3, 0.4) is 0 Å². The molecule has 1 atom stereocenters. The lowest BCUT2D eigenvalue weighted by atomic mass is 10.0. The van der Waals surface area contributed by atoms with E-state index in [9.17, 15) is 43.2 Å². The number of benzene rings is 1. The number of aromatic nitrogens is 3. The van der Waals surface area contributed by atoms with Crippen molar-refractivity contribution >= 4 is 58.2 Å². The van der Waals surface area contributed by atoms with Gasteiger partial charge in [0.2, 0.25) is 17.7 Å². The van der Waals surface area contributed by atoms with Gasteiger partial charge in [-0.25, -0.2) is 9.78 Å². The van der Waals surface area contributed by atoms with Gasteiger partial charge in [0, 0.05) is 26.1 Å². The Morgan fingerprint density at radius 1 is 1.02 bits per heavy atom. The quantitative estimate of drug-likeness (QED) is 0.101. The molecule has 1 unspecified atom stereocenters. The number of piperidine rings is 1. The summed E-state index contributed by atoms with van der Waals surface area (Å²) in [7, 11) is 0. The van der Waals surface area contributed by atoms with Gasteiger partial charge in [-0.2, -0.15) is 0 Å². The van der Waals surface area contributed by atoms with E-state index >= 15 is 0 Å². The molecule has 0 aliphatic carbocycles. The van der Waals surface area contributed by atoms with Gasteiger partial charge in [0.05, 0.1) is 22.1 Å². The minimum Gasteiger partial charge on any atom is -0.483 e. The van der Waals surface area contributed by atoms with E-state index in [1.54, 1.807) is 6.92 Å². The lowest BCUT2D eigenvalue weighted by molar-refractivity contribution is -0.136. The highest BCUT2D eigenvalue weighted by Gasteiger charge is 2.46. The molecular formula is C29H29N9O10. The topological polar surface area (TPSA) is 277 Å². The van der Waals surface area contributed by atoms with Crippen LogP contribution in [0.4, 0.5) is 5.82 Å². The summed E-state index contributed by atoms with van der Waals surface area (Å²) in [6, 6.07) is 4.16. The molecule has 7 amide bonds. The number of hydrogen-bond donors (Lipinski definition) is 5. The molecule has 5 rings (SSSR count). The molecule has 2 aliphatic rings. The summed E-state index contributed by atoms with van der Waals surface area (Å²) >= 11 is 0. The molecule has 0 bridgehead atoms. The third-order valence-electron chi connectivity index (χ3n) is 7.67. The standard InChI is InChI=1S/C29H29N9O10/c1-2-36-24-15(10-14(23(31)42)22(30)35-24)26(44)37(29(36)47)11-19(40)32-8-9-33-20(41)12-48-17-5-3-4-13-21(17)28(46)38(27(13)45)16-6-7-18(39)34-25(16)43/h3-5,10,16H,2,6-9,11-12H2,1H3,(H2,30,35)(H2,31,42)(H,32,40)(H,33,41)(H,34,39,43). The van der Waals surface area contributed by atoms with Crippen molar-refractivity contribution in [3.05, 3.63) is 61.8 Å². The van der Waals surface area contributed by atoms with Crippen molar-refractivity contribution in [2.75, 3.05) is 25.4 Å². The zero-order valence-corrected chi connectivity index (χ0v) is 25.4. The maximum absolute atomic E-state index is 13.2. The third kappa shape index (κ3) is 6.07. The molecule has 4 heterocycles. The van der Waals surface area contributed by atoms with Crippen LogP contribution in [0.5, 0.6) is 5.75 Å². The van der Waals surface area contributed by atoms with Gasteiger partial charge in [0.25, 0.3) is 29.2 Å². The lowest BCUT2D eigenvalue weighted by Gasteiger charge is -2.27. The summed E-state index contributed by atoms with van der Waals surface area (Å²) in [6.07, 6.45) is -0.0625. The van der Waals surface area contributed by atoms with Crippen LogP contribution < -0.4 is 43.4 Å². The van der Waals surface area contributed by atoms with Gasteiger partial charge in [-0.05, 0) is 31.5 Å². The van der Waals surface area contributed by atoms with Crippen LogP contribution in [0.15, 0.2) is 33.9 Å². The predicted octanol–water partition coefficient (Wildman–Crippen LogP) is -3.03.